The SMILES string of the molecule is CN1C[C@@H]2CN3CCCC[C@@H]3[C@H](C1)[C@@H]2O.CN1C[C@H]2CN3CCCC[C@H]3[C@@H](C1)[C@H]2O. The van der Waals surface area contributed by atoms with Crippen LogP contribution in [0.3, 0.4) is 0 Å². The molecule has 6 rings (SSSR count). The summed E-state index contributed by atoms with van der Waals surface area (Å²) in [7, 11) is 4.40. The number of aliphatic hydroxyl groups excluding tert-OH is 2. The van der Waals surface area contributed by atoms with Crippen molar-refractivity contribution >= 4 is 0 Å². The average molecular weight is 421 g/mol. The summed E-state index contributed by atoms with van der Waals surface area (Å²) in [4.78, 5) is 10.1. The highest BCUT2D eigenvalue weighted by atomic mass is 16.3. The smallest absolute Gasteiger partial charge is 0.0648 e. The second-order valence-electron chi connectivity index (χ2n) is 11.4. The summed E-state index contributed by atoms with van der Waals surface area (Å²) >= 11 is 0. The lowest BCUT2D eigenvalue weighted by Crippen LogP contribution is -2.64. The van der Waals surface area contributed by atoms with E-state index in [0.717, 1.165) is 39.3 Å². The van der Waals surface area contributed by atoms with E-state index in [1.807, 2.05) is 0 Å². The number of piperidine rings is 6. The number of rotatable bonds is 0. The van der Waals surface area contributed by atoms with Gasteiger partial charge in [0.1, 0.15) is 0 Å². The van der Waals surface area contributed by atoms with Crippen molar-refractivity contribution in [2.45, 2.75) is 62.8 Å². The van der Waals surface area contributed by atoms with E-state index < -0.39 is 0 Å². The van der Waals surface area contributed by atoms with Crippen molar-refractivity contribution in [3.8, 4) is 0 Å². The topological polar surface area (TPSA) is 53.4 Å². The molecule has 0 saturated carbocycles. The van der Waals surface area contributed by atoms with Crippen molar-refractivity contribution in [1.82, 2.24) is 19.6 Å². The lowest BCUT2D eigenvalue weighted by molar-refractivity contribution is -0.112. The Kier molecular flexibility index (Phi) is 6.44. The number of nitrogens with zero attached hydrogens (tertiary/aromatic N) is 4. The van der Waals surface area contributed by atoms with Crippen LogP contribution in [0.25, 0.3) is 0 Å². The first-order valence-corrected chi connectivity index (χ1v) is 12.7. The van der Waals surface area contributed by atoms with Crippen molar-refractivity contribution < 1.29 is 10.2 Å². The van der Waals surface area contributed by atoms with Gasteiger partial charge in [0.05, 0.1) is 12.2 Å². The molecular formula is C24H44N4O2. The summed E-state index contributed by atoms with van der Waals surface area (Å²) < 4.78 is 0. The van der Waals surface area contributed by atoms with E-state index >= 15 is 0 Å². The Bertz CT molecular complexity index is 542. The second kappa shape index (κ2) is 8.95. The van der Waals surface area contributed by atoms with Crippen molar-refractivity contribution in [2.75, 3.05) is 66.5 Å². The van der Waals surface area contributed by atoms with Crippen LogP contribution in [0.1, 0.15) is 38.5 Å². The van der Waals surface area contributed by atoms with Crippen LogP contribution in [0, 0.1) is 23.7 Å². The number of hydrogen-bond acceptors (Lipinski definition) is 6. The maximum absolute atomic E-state index is 10.3. The van der Waals surface area contributed by atoms with Crippen molar-refractivity contribution in [3.05, 3.63) is 0 Å². The Morgan fingerprint density at radius 2 is 1.00 bits per heavy atom. The summed E-state index contributed by atoms with van der Waals surface area (Å²) in [6.07, 6.45) is 8.01. The van der Waals surface area contributed by atoms with Gasteiger partial charge in [-0.25, -0.2) is 0 Å². The Hall–Kier alpha value is -0.240. The number of aliphatic hydroxyl groups is 2. The summed E-state index contributed by atoms with van der Waals surface area (Å²) in [5, 5.41) is 20.6. The van der Waals surface area contributed by atoms with E-state index in [9.17, 15) is 10.2 Å². The fraction of sp³-hybridized carbons (Fsp3) is 1.00. The third-order valence-corrected chi connectivity index (χ3v) is 9.24. The molecule has 172 valence electrons. The number of hydrogen-bond donors (Lipinski definition) is 2. The van der Waals surface area contributed by atoms with Crippen LogP contribution in [0.4, 0.5) is 0 Å². The highest BCUT2D eigenvalue weighted by molar-refractivity contribution is 5.01. The average Bonchev–Trinajstić information content (AvgIpc) is 2.72. The lowest BCUT2D eigenvalue weighted by Gasteiger charge is -2.54. The number of fused-ring (bicyclic) bond motifs is 8. The first-order valence-electron chi connectivity index (χ1n) is 12.7. The van der Waals surface area contributed by atoms with Gasteiger partial charge >= 0.3 is 0 Å². The zero-order valence-corrected chi connectivity index (χ0v) is 19.2. The molecule has 0 unspecified atom stereocenters. The zero-order chi connectivity index (χ0) is 20.8. The van der Waals surface area contributed by atoms with Gasteiger partial charge in [-0.15, -0.1) is 0 Å². The van der Waals surface area contributed by atoms with Crippen LogP contribution in [-0.4, -0.2) is 121 Å². The Morgan fingerprint density at radius 3 is 1.43 bits per heavy atom. The van der Waals surface area contributed by atoms with Gasteiger partial charge in [0.2, 0.25) is 0 Å². The Morgan fingerprint density at radius 1 is 0.567 bits per heavy atom. The quantitative estimate of drug-likeness (QED) is 0.604. The second-order valence-corrected chi connectivity index (χ2v) is 11.4. The summed E-state index contributed by atoms with van der Waals surface area (Å²) in [5.74, 6) is 2.04. The van der Waals surface area contributed by atoms with E-state index in [1.165, 1.54) is 51.6 Å². The molecule has 0 amide bonds. The standard InChI is InChI=1S/2C12H22N2O/c2*1-13-6-9-7-14-5-3-2-4-11(14)10(8-13)12(9)15/h2*9-12,15H,2-8H2,1H3/t2*9-,10+,11-,12-/m10/s1. The maximum Gasteiger partial charge on any atom is 0.0648 e. The molecule has 8 atom stereocenters. The predicted octanol–water partition coefficient (Wildman–Crippen LogP) is 0.786. The molecule has 0 aromatic rings. The molecule has 2 N–H and O–H groups in total. The monoisotopic (exact) mass is 420 g/mol. The Balaban J connectivity index is 0.000000128. The fourth-order valence-corrected chi connectivity index (χ4v) is 7.89. The molecule has 0 aromatic carbocycles. The van der Waals surface area contributed by atoms with Gasteiger partial charge in [0.15, 0.2) is 0 Å². The molecule has 6 nitrogen and oxygen atoms in total. The van der Waals surface area contributed by atoms with Gasteiger partial charge in [0.25, 0.3) is 0 Å². The van der Waals surface area contributed by atoms with E-state index in [4.69, 9.17) is 0 Å². The summed E-state index contributed by atoms with van der Waals surface area (Å²) in [5.41, 5.74) is 0. The van der Waals surface area contributed by atoms with Gasteiger partial charge < -0.3 is 20.0 Å². The van der Waals surface area contributed by atoms with E-state index in [0.29, 0.717) is 35.8 Å². The zero-order valence-electron chi connectivity index (χ0n) is 19.2. The van der Waals surface area contributed by atoms with Crippen LogP contribution in [0.5, 0.6) is 0 Å². The molecule has 6 heteroatoms. The predicted molar refractivity (Wildman–Crippen MR) is 119 cm³/mol. The minimum Gasteiger partial charge on any atom is -0.392 e. The molecule has 6 fully saturated rings. The van der Waals surface area contributed by atoms with E-state index in [1.54, 1.807) is 0 Å². The van der Waals surface area contributed by atoms with Gasteiger partial charge in [-0.3, -0.25) is 9.80 Å². The minimum absolute atomic E-state index is 0.0273. The molecular weight excluding hydrogens is 376 g/mol. The van der Waals surface area contributed by atoms with Crippen LogP contribution >= 0.6 is 0 Å². The lowest BCUT2D eigenvalue weighted by atomic mass is 9.74. The molecule has 0 radical (unpaired) electrons. The fourth-order valence-electron chi connectivity index (χ4n) is 7.89. The van der Waals surface area contributed by atoms with E-state index in [-0.39, 0.29) is 12.2 Å². The highest BCUT2D eigenvalue weighted by Gasteiger charge is 2.47. The van der Waals surface area contributed by atoms with Crippen molar-refractivity contribution in [1.29, 1.82) is 0 Å². The molecule has 6 aliphatic rings. The molecule has 6 aliphatic heterocycles. The summed E-state index contributed by atoms with van der Waals surface area (Å²) in [6.45, 7) is 9.17. The third-order valence-electron chi connectivity index (χ3n) is 9.24. The first kappa shape index (κ1) is 21.6. The minimum atomic E-state index is -0.0273. The molecule has 30 heavy (non-hydrogen) atoms. The van der Waals surface area contributed by atoms with Crippen LogP contribution in [0.15, 0.2) is 0 Å². The maximum atomic E-state index is 10.3. The number of likely N-dealkylation sites (tertiary alicyclic amines) is 2. The van der Waals surface area contributed by atoms with Crippen LogP contribution in [-0.2, 0) is 0 Å². The van der Waals surface area contributed by atoms with Crippen molar-refractivity contribution in [3.63, 3.8) is 0 Å². The van der Waals surface area contributed by atoms with Gasteiger partial charge in [0, 0.05) is 75.0 Å². The third kappa shape index (κ3) is 4.08. The largest absolute Gasteiger partial charge is 0.392 e. The van der Waals surface area contributed by atoms with Crippen LogP contribution in [0.2, 0.25) is 0 Å². The van der Waals surface area contributed by atoms with Gasteiger partial charge in [-0.05, 0) is 52.9 Å². The molecule has 0 aliphatic carbocycles. The van der Waals surface area contributed by atoms with Crippen molar-refractivity contribution in [2.24, 2.45) is 23.7 Å². The Labute approximate surface area is 183 Å². The first-order chi connectivity index (χ1) is 14.5. The molecule has 6 saturated heterocycles. The molecule has 6 heterocycles. The summed E-state index contributed by atoms with van der Waals surface area (Å²) in [6, 6.07) is 1.35. The van der Waals surface area contributed by atoms with Gasteiger partial charge in [-0.1, -0.05) is 12.8 Å². The molecule has 0 spiro atoms. The molecule has 4 bridgehead atoms. The van der Waals surface area contributed by atoms with Gasteiger partial charge in [-0.2, -0.15) is 0 Å². The van der Waals surface area contributed by atoms with Crippen LogP contribution < -0.4 is 0 Å². The molecule has 0 aromatic heterocycles. The van der Waals surface area contributed by atoms with E-state index in [2.05, 4.69) is 33.7 Å². The highest BCUT2D eigenvalue weighted by Crippen LogP contribution is 2.38. The normalized spacial score (nSPS) is 47.6.